The number of nitrogens with zero attached hydrogens (tertiary/aromatic N) is 1. The molecule has 0 bridgehead atoms. The number of carboxylic acids is 1. The Kier molecular flexibility index (Phi) is 3.98. The van der Waals surface area contributed by atoms with Gasteiger partial charge in [0.05, 0.1) is 10.8 Å². The highest BCUT2D eigenvalue weighted by Gasteiger charge is 2.36. The molecule has 0 saturated carbocycles. The average Bonchev–Trinajstić information content (AvgIpc) is 2.82. The number of carbonyl (C=O) groups is 1. The van der Waals surface area contributed by atoms with Crippen LogP contribution in [-0.2, 0) is 14.8 Å². The van der Waals surface area contributed by atoms with Crippen LogP contribution < -0.4 is 0 Å². The first-order chi connectivity index (χ1) is 8.84. The summed E-state index contributed by atoms with van der Waals surface area (Å²) in [4.78, 5) is 11.1. The van der Waals surface area contributed by atoms with Crippen molar-refractivity contribution in [3.05, 3.63) is 28.2 Å². The third-order valence-electron chi connectivity index (χ3n) is 3.34. The lowest BCUT2D eigenvalue weighted by molar-refractivity contribution is -0.141. The Hall–Kier alpha value is -0.920. The van der Waals surface area contributed by atoms with Crippen molar-refractivity contribution in [2.75, 3.05) is 13.1 Å². The van der Waals surface area contributed by atoms with E-state index in [1.165, 1.54) is 4.31 Å². The standard InChI is InChI=1S/C12H14BrNO4S/c1-8-10(13)3-2-4-11(8)19(17,18)14-6-5-9(7-14)12(15)16/h2-4,9H,5-7H2,1H3,(H,15,16). The second kappa shape index (κ2) is 5.22. The van der Waals surface area contributed by atoms with E-state index in [4.69, 9.17) is 5.11 Å². The largest absolute Gasteiger partial charge is 0.481 e. The predicted octanol–water partition coefficient (Wildman–Crippen LogP) is 1.85. The Morgan fingerprint density at radius 3 is 2.74 bits per heavy atom. The molecule has 1 aliphatic rings. The molecule has 1 saturated heterocycles. The van der Waals surface area contributed by atoms with E-state index in [0.717, 1.165) is 4.47 Å². The van der Waals surface area contributed by atoms with Crippen LogP contribution in [0.25, 0.3) is 0 Å². The lowest BCUT2D eigenvalue weighted by atomic mass is 10.1. The van der Waals surface area contributed by atoms with E-state index in [1.54, 1.807) is 25.1 Å². The normalized spacial score (nSPS) is 20.6. The van der Waals surface area contributed by atoms with Crippen molar-refractivity contribution < 1.29 is 18.3 Å². The van der Waals surface area contributed by atoms with Crippen LogP contribution in [0, 0.1) is 12.8 Å². The van der Waals surface area contributed by atoms with E-state index in [1.807, 2.05) is 0 Å². The van der Waals surface area contributed by atoms with E-state index in [2.05, 4.69) is 15.9 Å². The van der Waals surface area contributed by atoms with Crippen LogP contribution in [0.1, 0.15) is 12.0 Å². The van der Waals surface area contributed by atoms with Gasteiger partial charge in [0, 0.05) is 17.6 Å². The Labute approximate surface area is 120 Å². The number of sulfonamides is 1. The fourth-order valence-corrected chi connectivity index (χ4v) is 4.40. The molecule has 0 aromatic heterocycles. The molecule has 1 aromatic carbocycles. The van der Waals surface area contributed by atoms with Gasteiger partial charge in [-0.05, 0) is 31.0 Å². The molecule has 5 nitrogen and oxygen atoms in total. The van der Waals surface area contributed by atoms with E-state index < -0.39 is 21.9 Å². The summed E-state index contributed by atoms with van der Waals surface area (Å²) in [5, 5.41) is 8.94. The zero-order valence-corrected chi connectivity index (χ0v) is 12.7. The maximum atomic E-state index is 12.5. The highest BCUT2D eigenvalue weighted by atomic mass is 79.9. The monoisotopic (exact) mass is 347 g/mol. The number of hydrogen-bond acceptors (Lipinski definition) is 3. The molecule has 0 aliphatic carbocycles. The Morgan fingerprint density at radius 1 is 1.47 bits per heavy atom. The molecule has 1 unspecified atom stereocenters. The van der Waals surface area contributed by atoms with Crippen molar-refractivity contribution in [1.82, 2.24) is 4.31 Å². The van der Waals surface area contributed by atoms with Crippen molar-refractivity contribution in [3.63, 3.8) is 0 Å². The minimum atomic E-state index is -3.62. The molecular weight excluding hydrogens is 334 g/mol. The number of halogens is 1. The molecule has 1 fully saturated rings. The first kappa shape index (κ1) is 14.5. The summed E-state index contributed by atoms with van der Waals surface area (Å²) in [5.74, 6) is -1.55. The molecule has 0 amide bonds. The first-order valence-corrected chi connectivity index (χ1v) is 8.05. The molecular formula is C12H14BrNO4S. The molecule has 1 aliphatic heterocycles. The van der Waals surface area contributed by atoms with E-state index >= 15 is 0 Å². The van der Waals surface area contributed by atoms with Crippen molar-refractivity contribution >= 4 is 31.9 Å². The number of carboxylic acid groups (broad SMARTS) is 1. The van der Waals surface area contributed by atoms with Gasteiger partial charge in [-0.15, -0.1) is 0 Å². The van der Waals surface area contributed by atoms with Gasteiger partial charge in [-0.1, -0.05) is 22.0 Å². The van der Waals surface area contributed by atoms with Crippen molar-refractivity contribution in [2.24, 2.45) is 5.92 Å². The van der Waals surface area contributed by atoms with E-state index in [0.29, 0.717) is 12.0 Å². The number of hydrogen-bond donors (Lipinski definition) is 1. The summed E-state index contributed by atoms with van der Waals surface area (Å²) in [6.07, 6.45) is 0.363. The van der Waals surface area contributed by atoms with Gasteiger partial charge in [-0.25, -0.2) is 8.42 Å². The molecule has 19 heavy (non-hydrogen) atoms. The predicted molar refractivity (Wildman–Crippen MR) is 73.4 cm³/mol. The fraction of sp³-hybridized carbons (Fsp3) is 0.417. The van der Waals surface area contributed by atoms with Gasteiger partial charge < -0.3 is 5.11 Å². The van der Waals surface area contributed by atoms with Crippen molar-refractivity contribution in [3.8, 4) is 0 Å². The van der Waals surface area contributed by atoms with Gasteiger partial charge in [0.1, 0.15) is 0 Å². The molecule has 2 rings (SSSR count). The maximum absolute atomic E-state index is 12.5. The van der Waals surface area contributed by atoms with Crippen LogP contribution in [0.4, 0.5) is 0 Å². The van der Waals surface area contributed by atoms with Crippen LogP contribution in [0.3, 0.4) is 0 Å². The second-order valence-electron chi connectivity index (χ2n) is 4.55. The van der Waals surface area contributed by atoms with E-state index in [9.17, 15) is 13.2 Å². The number of benzene rings is 1. The third-order valence-corrected chi connectivity index (χ3v) is 6.20. The zero-order valence-electron chi connectivity index (χ0n) is 10.3. The van der Waals surface area contributed by atoms with Crippen LogP contribution in [-0.4, -0.2) is 36.9 Å². The van der Waals surface area contributed by atoms with Gasteiger partial charge in [0.25, 0.3) is 0 Å². The highest BCUT2D eigenvalue weighted by Crippen LogP contribution is 2.29. The van der Waals surface area contributed by atoms with Gasteiger partial charge in [0.15, 0.2) is 0 Å². The Morgan fingerprint density at radius 2 is 2.16 bits per heavy atom. The van der Waals surface area contributed by atoms with Crippen LogP contribution in [0.5, 0.6) is 0 Å². The smallest absolute Gasteiger partial charge is 0.307 e. The summed E-state index contributed by atoms with van der Waals surface area (Å²) in [6.45, 7) is 2.02. The molecule has 0 radical (unpaired) electrons. The Balaban J connectivity index is 2.34. The summed E-state index contributed by atoms with van der Waals surface area (Å²) in [5.41, 5.74) is 0.640. The van der Waals surface area contributed by atoms with E-state index in [-0.39, 0.29) is 18.0 Å². The summed E-state index contributed by atoms with van der Waals surface area (Å²) in [7, 11) is -3.62. The van der Waals surface area contributed by atoms with Crippen LogP contribution in [0.2, 0.25) is 0 Å². The first-order valence-electron chi connectivity index (χ1n) is 5.82. The molecule has 1 heterocycles. The number of aliphatic carboxylic acids is 1. The Bertz CT molecular complexity index is 614. The van der Waals surface area contributed by atoms with Crippen LogP contribution >= 0.6 is 15.9 Å². The minimum absolute atomic E-state index is 0.0453. The number of rotatable bonds is 3. The average molecular weight is 348 g/mol. The van der Waals surface area contributed by atoms with Crippen molar-refractivity contribution in [2.45, 2.75) is 18.2 Å². The quantitative estimate of drug-likeness (QED) is 0.905. The molecule has 1 atom stereocenters. The zero-order chi connectivity index (χ0) is 14.2. The second-order valence-corrected chi connectivity index (χ2v) is 7.31. The third kappa shape index (κ3) is 2.68. The SMILES string of the molecule is Cc1c(Br)cccc1S(=O)(=O)N1CCC(C(=O)O)C1. The summed E-state index contributed by atoms with van der Waals surface area (Å²) >= 11 is 3.31. The topological polar surface area (TPSA) is 74.7 Å². The minimum Gasteiger partial charge on any atom is -0.481 e. The van der Waals surface area contributed by atoms with Gasteiger partial charge in [-0.2, -0.15) is 4.31 Å². The lowest BCUT2D eigenvalue weighted by Crippen LogP contribution is -2.30. The molecule has 1 aromatic rings. The van der Waals surface area contributed by atoms with Gasteiger partial charge >= 0.3 is 5.97 Å². The lowest BCUT2D eigenvalue weighted by Gasteiger charge is -2.18. The van der Waals surface area contributed by atoms with Crippen LogP contribution in [0.15, 0.2) is 27.6 Å². The molecule has 1 N–H and O–H groups in total. The fourth-order valence-electron chi connectivity index (χ4n) is 2.15. The molecule has 104 valence electrons. The molecule has 0 spiro atoms. The maximum Gasteiger partial charge on any atom is 0.307 e. The van der Waals surface area contributed by atoms with Gasteiger partial charge in [-0.3, -0.25) is 4.79 Å². The highest BCUT2D eigenvalue weighted by molar-refractivity contribution is 9.10. The summed E-state index contributed by atoms with van der Waals surface area (Å²) in [6, 6.07) is 4.98. The van der Waals surface area contributed by atoms with Crippen molar-refractivity contribution in [1.29, 1.82) is 0 Å². The molecule has 7 heteroatoms. The summed E-state index contributed by atoms with van der Waals surface area (Å²) < 4.78 is 27.0. The van der Waals surface area contributed by atoms with Gasteiger partial charge in [0.2, 0.25) is 10.0 Å².